The minimum Gasteiger partial charge on any atom is -0.281 e. The lowest BCUT2D eigenvalue weighted by Gasteiger charge is -2.06. The van der Waals surface area contributed by atoms with Crippen molar-refractivity contribution in [1.29, 1.82) is 0 Å². The highest BCUT2D eigenvalue weighted by Crippen LogP contribution is 2.23. The van der Waals surface area contributed by atoms with Crippen molar-refractivity contribution in [3.8, 4) is 0 Å². The third kappa shape index (κ3) is 2.67. The van der Waals surface area contributed by atoms with Crippen LogP contribution in [0.5, 0.6) is 0 Å². The van der Waals surface area contributed by atoms with Crippen molar-refractivity contribution in [3.05, 3.63) is 40.5 Å². The van der Waals surface area contributed by atoms with E-state index >= 15 is 0 Å². The maximum absolute atomic E-state index is 12.0. The van der Waals surface area contributed by atoms with Crippen LogP contribution in [-0.4, -0.2) is 18.6 Å². The molecular formula is C10H10BrN3O2S. The number of nitrogens with zero attached hydrogens (tertiary/aromatic N) is 1. The maximum Gasteiger partial charge on any atom is 0.264 e. The lowest BCUT2D eigenvalue weighted by Crippen LogP contribution is -2.13. The summed E-state index contributed by atoms with van der Waals surface area (Å²) in [6.45, 7) is 1.79. The third-order valence-corrected chi connectivity index (χ3v) is 4.44. The predicted molar refractivity (Wildman–Crippen MR) is 68.3 cm³/mol. The van der Waals surface area contributed by atoms with Gasteiger partial charge in [0.25, 0.3) is 10.0 Å². The molecule has 0 aliphatic rings. The Labute approximate surface area is 107 Å². The average Bonchev–Trinajstić information content (AvgIpc) is 2.63. The summed E-state index contributed by atoms with van der Waals surface area (Å²) in [7, 11) is -3.61. The molecular weight excluding hydrogens is 306 g/mol. The Morgan fingerprint density at radius 2 is 2.06 bits per heavy atom. The Balaban J connectivity index is 2.35. The number of aryl methyl sites for hydroxylation is 1. The molecule has 1 aromatic heterocycles. The van der Waals surface area contributed by atoms with Gasteiger partial charge in [0.1, 0.15) is 4.90 Å². The van der Waals surface area contributed by atoms with Crippen LogP contribution in [-0.2, 0) is 10.0 Å². The normalized spacial score (nSPS) is 11.4. The summed E-state index contributed by atoms with van der Waals surface area (Å²) >= 11 is 3.20. The van der Waals surface area contributed by atoms with Gasteiger partial charge in [0, 0.05) is 16.2 Å². The third-order valence-electron chi connectivity index (χ3n) is 2.07. The second-order valence-electron chi connectivity index (χ2n) is 3.47. The zero-order valence-corrected chi connectivity index (χ0v) is 11.3. The van der Waals surface area contributed by atoms with Gasteiger partial charge in [-0.3, -0.25) is 9.82 Å². The van der Waals surface area contributed by atoms with Gasteiger partial charge in [-0.25, -0.2) is 8.42 Å². The first-order valence-electron chi connectivity index (χ1n) is 4.78. The van der Waals surface area contributed by atoms with E-state index in [0.717, 1.165) is 5.69 Å². The molecule has 90 valence electrons. The van der Waals surface area contributed by atoms with Gasteiger partial charge in [-0.2, -0.15) is 5.10 Å². The molecule has 7 heteroatoms. The molecule has 17 heavy (non-hydrogen) atoms. The van der Waals surface area contributed by atoms with Gasteiger partial charge in [-0.15, -0.1) is 0 Å². The zero-order valence-electron chi connectivity index (χ0n) is 8.94. The lowest BCUT2D eigenvalue weighted by molar-refractivity contribution is 0.600. The summed E-state index contributed by atoms with van der Waals surface area (Å²) in [5, 5.41) is 6.49. The lowest BCUT2D eigenvalue weighted by atomic mass is 10.4. The number of halogens is 1. The first-order chi connectivity index (χ1) is 7.99. The van der Waals surface area contributed by atoms with E-state index in [-0.39, 0.29) is 10.7 Å². The fourth-order valence-electron chi connectivity index (χ4n) is 1.33. The minimum atomic E-state index is -3.61. The molecule has 0 bridgehead atoms. The van der Waals surface area contributed by atoms with Gasteiger partial charge in [0.05, 0.1) is 0 Å². The number of anilines is 1. The minimum absolute atomic E-state index is 0.181. The maximum atomic E-state index is 12.0. The van der Waals surface area contributed by atoms with Gasteiger partial charge in [-0.05, 0) is 35.0 Å². The van der Waals surface area contributed by atoms with Gasteiger partial charge in [-0.1, -0.05) is 12.1 Å². The molecule has 0 unspecified atom stereocenters. The second kappa shape index (κ2) is 4.50. The van der Waals surface area contributed by atoms with Crippen LogP contribution in [0, 0.1) is 6.92 Å². The molecule has 0 saturated heterocycles. The number of aromatic amines is 1. The summed E-state index contributed by atoms with van der Waals surface area (Å²) in [5.41, 5.74) is 0.787. The molecule has 0 atom stereocenters. The van der Waals surface area contributed by atoms with E-state index in [1.54, 1.807) is 31.2 Å². The molecule has 2 rings (SSSR count). The Morgan fingerprint density at radius 1 is 1.35 bits per heavy atom. The largest absolute Gasteiger partial charge is 0.281 e. The van der Waals surface area contributed by atoms with Crippen LogP contribution in [0.4, 0.5) is 5.82 Å². The van der Waals surface area contributed by atoms with Crippen molar-refractivity contribution in [2.24, 2.45) is 0 Å². The first-order valence-corrected chi connectivity index (χ1v) is 7.06. The number of hydrogen-bond donors (Lipinski definition) is 2. The van der Waals surface area contributed by atoms with Crippen molar-refractivity contribution >= 4 is 31.8 Å². The van der Waals surface area contributed by atoms with Gasteiger partial charge < -0.3 is 0 Å². The quantitative estimate of drug-likeness (QED) is 0.912. The van der Waals surface area contributed by atoms with E-state index < -0.39 is 10.0 Å². The smallest absolute Gasteiger partial charge is 0.264 e. The molecule has 1 aromatic carbocycles. The van der Waals surface area contributed by atoms with Crippen LogP contribution in [0.25, 0.3) is 0 Å². The second-order valence-corrected chi connectivity index (χ2v) is 5.98. The molecule has 5 nitrogen and oxygen atoms in total. The number of hydrogen-bond acceptors (Lipinski definition) is 3. The van der Waals surface area contributed by atoms with Crippen molar-refractivity contribution in [2.75, 3.05) is 4.72 Å². The molecule has 0 spiro atoms. The summed E-state index contributed by atoms with van der Waals surface area (Å²) in [6, 6.07) is 8.22. The number of nitrogens with one attached hydrogen (secondary N) is 2. The topological polar surface area (TPSA) is 74.8 Å². The van der Waals surface area contributed by atoms with E-state index in [2.05, 4.69) is 30.8 Å². The molecule has 0 aliphatic carbocycles. The summed E-state index contributed by atoms with van der Waals surface area (Å²) < 4.78 is 27.0. The van der Waals surface area contributed by atoms with Crippen molar-refractivity contribution in [1.82, 2.24) is 10.2 Å². The van der Waals surface area contributed by atoms with Crippen molar-refractivity contribution < 1.29 is 8.42 Å². The number of sulfonamides is 1. The molecule has 1 heterocycles. The molecule has 0 fully saturated rings. The fraction of sp³-hybridized carbons (Fsp3) is 0.100. The van der Waals surface area contributed by atoms with E-state index in [1.807, 2.05) is 0 Å². The number of rotatable bonds is 3. The van der Waals surface area contributed by atoms with E-state index in [1.165, 1.54) is 6.07 Å². The number of H-pyrrole nitrogens is 1. The SMILES string of the molecule is Cc1cc(NS(=O)(=O)c2ccccc2Br)n[nH]1. The Hall–Kier alpha value is -1.34. The van der Waals surface area contributed by atoms with Crippen LogP contribution in [0.15, 0.2) is 39.7 Å². The summed E-state index contributed by atoms with van der Waals surface area (Å²) in [6.07, 6.45) is 0. The van der Waals surface area contributed by atoms with Gasteiger partial charge in [0.15, 0.2) is 5.82 Å². The van der Waals surface area contributed by atoms with Crippen LogP contribution in [0.2, 0.25) is 0 Å². The molecule has 2 N–H and O–H groups in total. The highest BCUT2D eigenvalue weighted by atomic mass is 79.9. The van der Waals surface area contributed by atoms with Crippen LogP contribution in [0.3, 0.4) is 0 Å². The van der Waals surface area contributed by atoms with Crippen LogP contribution < -0.4 is 4.72 Å². The van der Waals surface area contributed by atoms with Crippen LogP contribution in [0.1, 0.15) is 5.69 Å². The molecule has 0 aliphatic heterocycles. The van der Waals surface area contributed by atoms with Gasteiger partial charge >= 0.3 is 0 Å². The molecule has 0 amide bonds. The summed E-state index contributed by atoms with van der Waals surface area (Å²) in [5.74, 6) is 0.276. The standard InChI is InChI=1S/C10H10BrN3O2S/c1-7-6-10(13-12-7)14-17(15,16)9-5-3-2-4-8(9)11/h2-6H,1H3,(H2,12,13,14). The van der Waals surface area contributed by atoms with Gasteiger partial charge in [0.2, 0.25) is 0 Å². The zero-order chi connectivity index (χ0) is 12.5. The van der Waals surface area contributed by atoms with Crippen molar-refractivity contribution in [2.45, 2.75) is 11.8 Å². The average molecular weight is 316 g/mol. The molecule has 0 radical (unpaired) electrons. The van der Waals surface area contributed by atoms with Crippen LogP contribution >= 0.6 is 15.9 Å². The van der Waals surface area contributed by atoms with E-state index in [4.69, 9.17) is 0 Å². The Kier molecular flexibility index (Phi) is 3.21. The monoisotopic (exact) mass is 315 g/mol. The highest BCUT2D eigenvalue weighted by Gasteiger charge is 2.18. The molecule has 2 aromatic rings. The summed E-state index contributed by atoms with van der Waals surface area (Å²) in [4.78, 5) is 0.181. The first kappa shape index (κ1) is 12.1. The van der Waals surface area contributed by atoms with E-state index in [9.17, 15) is 8.42 Å². The Morgan fingerprint density at radius 3 is 2.65 bits per heavy atom. The highest BCUT2D eigenvalue weighted by molar-refractivity contribution is 9.10. The van der Waals surface area contributed by atoms with E-state index in [0.29, 0.717) is 4.47 Å². The number of aromatic nitrogens is 2. The number of benzene rings is 1. The predicted octanol–water partition coefficient (Wildman–Crippen LogP) is 2.28. The fourth-order valence-corrected chi connectivity index (χ4v) is 3.32. The Bertz CT molecular complexity index is 637. The van der Waals surface area contributed by atoms with Crippen molar-refractivity contribution in [3.63, 3.8) is 0 Å². The molecule has 0 saturated carbocycles.